The van der Waals surface area contributed by atoms with Gasteiger partial charge in [0.05, 0.1) is 0 Å². The lowest BCUT2D eigenvalue weighted by Crippen LogP contribution is -2.53. The van der Waals surface area contributed by atoms with E-state index in [4.69, 9.17) is 0 Å². The number of fused-ring (bicyclic) bond motifs is 1. The number of carbonyl (C=O) groups is 2. The van der Waals surface area contributed by atoms with E-state index in [1.165, 1.54) is 51.4 Å². The number of piperidine rings is 1. The van der Waals surface area contributed by atoms with Gasteiger partial charge in [-0.2, -0.15) is 0 Å². The maximum Gasteiger partial charge on any atom is 0.317 e. The van der Waals surface area contributed by atoms with Crippen molar-refractivity contribution in [1.82, 2.24) is 20.9 Å². The summed E-state index contributed by atoms with van der Waals surface area (Å²) in [6, 6.07) is 0.820. The van der Waals surface area contributed by atoms with Crippen molar-refractivity contribution in [2.45, 2.75) is 89.1 Å². The van der Waals surface area contributed by atoms with Gasteiger partial charge in [-0.1, -0.05) is 32.1 Å². The Morgan fingerprint density at radius 2 is 1.50 bits per heavy atom. The normalized spacial score (nSPS) is 26.7. The average molecular weight is 365 g/mol. The molecule has 3 aliphatic rings. The van der Waals surface area contributed by atoms with Gasteiger partial charge < -0.3 is 20.9 Å². The molecule has 26 heavy (non-hydrogen) atoms. The number of likely N-dealkylation sites (tertiary alicyclic amines) is 1. The lowest BCUT2D eigenvalue weighted by molar-refractivity contribution is 0.0842. The summed E-state index contributed by atoms with van der Waals surface area (Å²) in [6.07, 6.45) is 14.1. The van der Waals surface area contributed by atoms with Crippen molar-refractivity contribution in [2.24, 2.45) is 5.92 Å². The van der Waals surface area contributed by atoms with Crippen molar-refractivity contribution in [3.8, 4) is 0 Å². The molecule has 0 bridgehead atoms. The summed E-state index contributed by atoms with van der Waals surface area (Å²) in [6.45, 7) is 2.12. The Morgan fingerprint density at radius 3 is 2.35 bits per heavy atom. The topological polar surface area (TPSA) is 73.5 Å². The molecular weight excluding hydrogens is 328 g/mol. The van der Waals surface area contributed by atoms with Crippen molar-refractivity contribution >= 4 is 12.1 Å². The maximum absolute atomic E-state index is 12.5. The molecule has 2 unspecified atom stereocenters. The van der Waals surface area contributed by atoms with Crippen molar-refractivity contribution < 1.29 is 9.59 Å². The van der Waals surface area contributed by atoms with Gasteiger partial charge in [-0.05, 0) is 50.9 Å². The van der Waals surface area contributed by atoms with Gasteiger partial charge in [-0.15, -0.1) is 0 Å². The van der Waals surface area contributed by atoms with Crippen LogP contribution >= 0.6 is 0 Å². The Hall–Kier alpha value is -1.46. The fourth-order valence-corrected chi connectivity index (χ4v) is 4.95. The number of nitrogens with one attached hydrogen (secondary N) is 3. The van der Waals surface area contributed by atoms with Gasteiger partial charge in [-0.3, -0.25) is 0 Å². The highest BCUT2D eigenvalue weighted by Crippen LogP contribution is 2.35. The van der Waals surface area contributed by atoms with Gasteiger partial charge >= 0.3 is 12.1 Å². The van der Waals surface area contributed by atoms with E-state index in [-0.39, 0.29) is 12.1 Å². The monoisotopic (exact) mass is 364 g/mol. The van der Waals surface area contributed by atoms with Gasteiger partial charge in [0.15, 0.2) is 0 Å². The van der Waals surface area contributed by atoms with E-state index in [2.05, 4.69) is 20.9 Å². The molecule has 6 nitrogen and oxygen atoms in total. The van der Waals surface area contributed by atoms with Gasteiger partial charge in [-0.25, -0.2) is 9.59 Å². The fraction of sp³-hybridized carbons (Fsp3) is 0.900. The van der Waals surface area contributed by atoms with E-state index in [1.54, 1.807) is 0 Å². The Morgan fingerprint density at radius 1 is 0.808 bits per heavy atom. The second-order valence-corrected chi connectivity index (χ2v) is 8.27. The van der Waals surface area contributed by atoms with Crippen molar-refractivity contribution in [3.05, 3.63) is 0 Å². The second kappa shape index (κ2) is 10.0. The van der Waals surface area contributed by atoms with Gasteiger partial charge in [0, 0.05) is 31.7 Å². The molecule has 0 radical (unpaired) electrons. The molecule has 0 aromatic rings. The first kappa shape index (κ1) is 19.3. The van der Waals surface area contributed by atoms with Crippen LogP contribution < -0.4 is 16.0 Å². The third-order valence-corrected chi connectivity index (χ3v) is 6.36. The van der Waals surface area contributed by atoms with Gasteiger partial charge in [0.1, 0.15) is 0 Å². The molecule has 6 heteroatoms. The Kier molecular flexibility index (Phi) is 7.44. The summed E-state index contributed by atoms with van der Waals surface area (Å²) in [7, 11) is 0. The second-order valence-electron chi connectivity index (χ2n) is 8.27. The average Bonchev–Trinajstić information content (AvgIpc) is 2.68. The first-order valence-electron chi connectivity index (χ1n) is 10.8. The molecule has 0 spiro atoms. The largest absolute Gasteiger partial charge is 0.338 e. The predicted molar refractivity (Wildman–Crippen MR) is 103 cm³/mol. The van der Waals surface area contributed by atoms with Gasteiger partial charge in [0.25, 0.3) is 0 Å². The van der Waals surface area contributed by atoms with Crippen LogP contribution in [0.1, 0.15) is 77.0 Å². The number of rotatable bonds is 5. The molecule has 1 aliphatic heterocycles. The van der Waals surface area contributed by atoms with Crippen LogP contribution in [0, 0.1) is 5.92 Å². The number of urea groups is 2. The molecule has 3 fully saturated rings. The zero-order valence-electron chi connectivity index (χ0n) is 16.1. The SMILES string of the molecule is O=C(NCCCNC(=O)N1CCCC2CCCCC21)NC1CCCCC1. The van der Waals surface area contributed by atoms with Crippen LogP contribution in [-0.2, 0) is 0 Å². The third-order valence-electron chi connectivity index (χ3n) is 6.36. The minimum atomic E-state index is -0.0655. The molecule has 2 aliphatic carbocycles. The molecule has 2 atom stereocenters. The molecule has 4 amide bonds. The van der Waals surface area contributed by atoms with E-state index in [1.807, 2.05) is 0 Å². The van der Waals surface area contributed by atoms with Crippen LogP contribution in [0.3, 0.4) is 0 Å². The maximum atomic E-state index is 12.5. The van der Waals surface area contributed by atoms with Crippen LogP contribution in [0.15, 0.2) is 0 Å². The first-order valence-corrected chi connectivity index (χ1v) is 10.8. The zero-order chi connectivity index (χ0) is 18.2. The zero-order valence-corrected chi connectivity index (χ0v) is 16.1. The van der Waals surface area contributed by atoms with E-state index >= 15 is 0 Å². The highest BCUT2D eigenvalue weighted by molar-refractivity contribution is 5.75. The number of nitrogens with zero attached hydrogens (tertiary/aromatic N) is 1. The summed E-state index contributed by atoms with van der Waals surface area (Å²) >= 11 is 0. The molecule has 3 N–H and O–H groups in total. The summed E-state index contributed by atoms with van der Waals surface area (Å²) in [4.78, 5) is 26.5. The van der Waals surface area contributed by atoms with Crippen LogP contribution in [0.25, 0.3) is 0 Å². The van der Waals surface area contributed by atoms with Crippen LogP contribution in [-0.4, -0.2) is 48.7 Å². The molecule has 0 aromatic carbocycles. The lowest BCUT2D eigenvalue weighted by Gasteiger charge is -2.44. The van der Waals surface area contributed by atoms with E-state index in [0.29, 0.717) is 31.1 Å². The molecule has 148 valence electrons. The number of hydrogen-bond donors (Lipinski definition) is 3. The molecule has 1 saturated heterocycles. The number of amides is 4. The predicted octanol–water partition coefficient (Wildman–Crippen LogP) is 3.37. The summed E-state index contributed by atoms with van der Waals surface area (Å²) in [5.74, 6) is 0.716. The molecule has 2 saturated carbocycles. The van der Waals surface area contributed by atoms with Crippen LogP contribution in [0.4, 0.5) is 9.59 Å². The van der Waals surface area contributed by atoms with E-state index in [0.717, 1.165) is 32.2 Å². The molecule has 0 aromatic heterocycles. The molecule has 3 rings (SSSR count). The van der Waals surface area contributed by atoms with Gasteiger partial charge in [0.2, 0.25) is 0 Å². The smallest absolute Gasteiger partial charge is 0.317 e. The fourth-order valence-electron chi connectivity index (χ4n) is 4.95. The van der Waals surface area contributed by atoms with Crippen LogP contribution in [0.5, 0.6) is 0 Å². The third kappa shape index (κ3) is 5.52. The van der Waals surface area contributed by atoms with E-state index in [9.17, 15) is 9.59 Å². The highest BCUT2D eigenvalue weighted by atomic mass is 16.2. The number of carbonyl (C=O) groups excluding carboxylic acids is 2. The Labute approximate surface area is 157 Å². The standard InChI is InChI=1S/C20H36N4O2/c25-19(23-17-10-2-1-3-11-17)21-13-7-14-22-20(26)24-15-6-9-16-8-4-5-12-18(16)24/h16-18H,1-15H2,(H,22,26)(H2,21,23,25). The lowest BCUT2D eigenvalue weighted by atomic mass is 9.78. The highest BCUT2D eigenvalue weighted by Gasteiger charge is 2.35. The molecule has 1 heterocycles. The van der Waals surface area contributed by atoms with Crippen molar-refractivity contribution in [2.75, 3.05) is 19.6 Å². The van der Waals surface area contributed by atoms with Crippen molar-refractivity contribution in [1.29, 1.82) is 0 Å². The Balaban J connectivity index is 1.28. The molecular formula is C20H36N4O2. The minimum Gasteiger partial charge on any atom is -0.338 e. The summed E-state index contributed by atoms with van der Waals surface area (Å²) in [5, 5.41) is 9.03. The quantitative estimate of drug-likeness (QED) is 0.654. The Bertz CT molecular complexity index is 463. The summed E-state index contributed by atoms with van der Waals surface area (Å²) in [5.41, 5.74) is 0. The van der Waals surface area contributed by atoms with Crippen LogP contribution in [0.2, 0.25) is 0 Å². The van der Waals surface area contributed by atoms with E-state index < -0.39 is 0 Å². The summed E-state index contributed by atoms with van der Waals surface area (Å²) < 4.78 is 0. The minimum absolute atomic E-state index is 0.0655. The number of hydrogen-bond acceptors (Lipinski definition) is 2. The van der Waals surface area contributed by atoms with Crippen molar-refractivity contribution in [3.63, 3.8) is 0 Å². The first-order chi connectivity index (χ1) is 12.7.